The molecule has 0 saturated heterocycles. The number of nitrogens with one attached hydrogen (secondary N) is 1. The van der Waals surface area contributed by atoms with Gasteiger partial charge < -0.3 is 14.8 Å². The molecule has 21 heavy (non-hydrogen) atoms. The Morgan fingerprint density at radius 2 is 1.90 bits per heavy atom. The van der Waals surface area contributed by atoms with Crippen LogP contribution in [0.1, 0.15) is 57.2 Å². The van der Waals surface area contributed by atoms with Crippen molar-refractivity contribution in [1.82, 2.24) is 5.32 Å². The predicted molar refractivity (Wildman–Crippen MR) is 89.1 cm³/mol. The summed E-state index contributed by atoms with van der Waals surface area (Å²) >= 11 is 0. The zero-order valence-corrected chi connectivity index (χ0v) is 14.1. The van der Waals surface area contributed by atoms with Gasteiger partial charge in [-0.25, -0.2) is 0 Å². The standard InChI is InChI=1S/C18H31NO2/c1-5-7-11-20-12-13-21-18-9-8-15(3)14-17(18)16(4)19-10-6-2/h8-9,14,16,19H,5-7,10-13H2,1-4H3. The van der Waals surface area contributed by atoms with Crippen LogP contribution in [-0.2, 0) is 4.74 Å². The van der Waals surface area contributed by atoms with Gasteiger partial charge in [0.1, 0.15) is 12.4 Å². The second-order valence-electron chi connectivity index (χ2n) is 5.53. The summed E-state index contributed by atoms with van der Waals surface area (Å²) < 4.78 is 11.5. The summed E-state index contributed by atoms with van der Waals surface area (Å²) in [6.45, 7) is 11.8. The van der Waals surface area contributed by atoms with Crippen LogP contribution in [0.2, 0.25) is 0 Å². The molecule has 3 heteroatoms. The van der Waals surface area contributed by atoms with Gasteiger partial charge in [-0.05, 0) is 39.3 Å². The fourth-order valence-corrected chi connectivity index (χ4v) is 2.17. The van der Waals surface area contributed by atoms with Gasteiger partial charge in [0.2, 0.25) is 0 Å². The second kappa shape index (κ2) is 10.6. The topological polar surface area (TPSA) is 30.5 Å². The van der Waals surface area contributed by atoms with Gasteiger partial charge >= 0.3 is 0 Å². The number of hydrogen-bond donors (Lipinski definition) is 1. The summed E-state index contributed by atoms with van der Waals surface area (Å²) in [4.78, 5) is 0. The summed E-state index contributed by atoms with van der Waals surface area (Å²) in [5, 5.41) is 3.52. The maximum absolute atomic E-state index is 5.91. The minimum absolute atomic E-state index is 0.306. The van der Waals surface area contributed by atoms with Crippen LogP contribution in [0, 0.1) is 6.92 Å². The Morgan fingerprint density at radius 1 is 1.10 bits per heavy atom. The summed E-state index contributed by atoms with van der Waals surface area (Å²) in [5.74, 6) is 0.968. The number of ether oxygens (including phenoxy) is 2. The smallest absolute Gasteiger partial charge is 0.124 e. The van der Waals surface area contributed by atoms with Crippen LogP contribution < -0.4 is 10.1 Å². The van der Waals surface area contributed by atoms with Gasteiger partial charge in [0, 0.05) is 18.2 Å². The van der Waals surface area contributed by atoms with E-state index in [2.05, 4.69) is 51.2 Å². The molecule has 0 radical (unpaired) electrons. The van der Waals surface area contributed by atoms with Crippen molar-refractivity contribution in [2.24, 2.45) is 0 Å². The average Bonchev–Trinajstić information content (AvgIpc) is 2.49. The first-order valence-corrected chi connectivity index (χ1v) is 8.23. The first-order chi connectivity index (χ1) is 10.2. The van der Waals surface area contributed by atoms with Gasteiger partial charge in [-0.1, -0.05) is 38.0 Å². The zero-order chi connectivity index (χ0) is 15.5. The van der Waals surface area contributed by atoms with Crippen LogP contribution in [0.5, 0.6) is 5.75 Å². The molecule has 0 fully saturated rings. The lowest BCUT2D eigenvalue weighted by atomic mass is 10.0. The first kappa shape index (κ1) is 18.0. The number of rotatable bonds is 11. The maximum Gasteiger partial charge on any atom is 0.124 e. The highest BCUT2D eigenvalue weighted by molar-refractivity contribution is 5.39. The monoisotopic (exact) mass is 293 g/mol. The average molecular weight is 293 g/mol. The molecule has 0 bridgehead atoms. The van der Waals surface area contributed by atoms with Crippen LogP contribution in [0.25, 0.3) is 0 Å². The molecule has 120 valence electrons. The van der Waals surface area contributed by atoms with E-state index in [-0.39, 0.29) is 0 Å². The summed E-state index contributed by atoms with van der Waals surface area (Å²) in [6, 6.07) is 6.69. The lowest BCUT2D eigenvalue weighted by Gasteiger charge is -2.19. The van der Waals surface area contributed by atoms with Crippen molar-refractivity contribution >= 4 is 0 Å². The molecule has 0 heterocycles. The van der Waals surface area contributed by atoms with E-state index in [1.807, 2.05) is 0 Å². The molecular formula is C18H31NO2. The molecule has 1 aromatic carbocycles. The van der Waals surface area contributed by atoms with Crippen molar-refractivity contribution in [3.8, 4) is 5.75 Å². The largest absolute Gasteiger partial charge is 0.491 e. The van der Waals surface area contributed by atoms with E-state index in [0.717, 1.165) is 31.7 Å². The molecule has 1 atom stereocenters. The number of aryl methyl sites for hydroxylation is 1. The Labute approximate surface area is 130 Å². The van der Waals surface area contributed by atoms with Crippen molar-refractivity contribution < 1.29 is 9.47 Å². The highest BCUT2D eigenvalue weighted by Gasteiger charge is 2.11. The molecule has 1 aromatic rings. The molecular weight excluding hydrogens is 262 g/mol. The molecule has 0 aromatic heterocycles. The molecule has 1 N–H and O–H groups in total. The van der Waals surface area contributed by atoms with E-state index >= 15 is 0 Å². The third-order valence-electron chi connectivity index (χ3n) is 3.46. The lowest BCUT2D eigenvalue weighted by Crippen LogP contribution is -2.20. The number of benzene rings is 1. The highest BCUT2D eigenvalue weighted by atomic mass is 16.5. The lowest BCUT2D eigenvalue weighted by molar-refractivity contribution is 0.0975. The SMILES string of the molecule is CCCCOCCOc1ccc(C)cc1C(C)NCCC. The summed E-state index contributed by atoms with van der Waals surface area (Å²) in [7, 11) is 0. The van der Waals surface area contributed by atoms with Gasteiger partial charge in [0.25, 0.3) is 0 Å². The molecule has 0 saturated carbocycles. The maximum atomic E-state index is 5.91. The van der Waals surface area contributed by atoms with Crippen LogP contribution in [0.15, 0.2) is 18.2 Å². The summed E-state index contributed by atoms with van der Waals surface area (Å²) in [6.07, 6.45) is 3.43. The minimum atomic E-state index is 0.306. The van der Waals surface area contributed by atoms with E-state index in [1.54, 1.807) is 0 Å². The normalized spacial score (nSPS) is 12.4. The fourth-order valence-electron chi connectivity index (χ4n) is 2.17. The van der Waals surface area contributed by atoms with Crippen LogP contribution >= 0.6 is 0 Å². The molecule has 1 rings (SSSR count). The van der Waals surface area contributed by atoms with Crippen molar-refractivity contribution in [2.45, 2.75) is 53.0 Å². The van der Waals surface area contributed by atoms with E-state index in [9.17, 15) is 0 Å². The second-order valence-corrected chi connectivity index (χ2v) is 5.53. The third kappa shape index (κ3) is 6.96. The highest BCUT2D eigenvalue weighted by Crippen LogP contribution is 2.26. The predicted octanol–water partition coefficient (Wildman–Crippen LogP) is 4.25. The van der Waals surface area contributed by atoms with Crippen molar-refractivity contribution in [3.05, 3.63) is 29.3 Å². The molecule has 0 aliphatic rings. The Kier molecular flexibility index (Phi) is 9.11. The van der Waals surface area contributed by atoms with Crippen LogP contribution in [0.3, 0.4) is 0 Å². The van der Waals surface area contributed by atoms with Gasteiger partial charge in [-0.15, -0.1) is 0 Å². The van der Waals surface area contributed by atoms with Gasteiger partial charge in [-0.3, -0.25) is 0 Å². The molecule has 0 aliphatic carbocycles. The molecule has 1 unspecified atom stereocenters. The first-order valence-electron chi connectivity index (χ1n) is 8.23. The van der Waals surface area contributed by atoms with E-state index in [4.69, 9.17) is 9.47 Å². The van der Waals surface area contributed by atoms with Crippen LogP contribution in [0.4, 0.5) is 0 Å². The van der Waals surface area contributed by atoms with Crippen molar-refractivity contribution in [2.75, 3.05) is 26.4 Å². The third-order valence-corrected chi connectivity index (χ3v) is 3.46. The van der Waals surface area contributed by atoms with Gasteiger partial charge in [0.05, 0.1) is 6.61 Å². The number of unbranched alkanes of at least 4 members (excludes halogenated alkanes) is 1. The van der Waals surface area contributed by atoms with Gasteiger partial charge in [-0.2, -0.15) is 0 Å². The van der Waals surface area contributed by atoms with Crippen molar-refractivity contribution in [1.29, 1.82) is 0 Å². The van der Waals surface area contributed by atoms with Crippen LogP contribution in [-0.4, -0.2) is 26.4 Å². The quantitative estimate of drug-likeness (QED) is 0.619. The van der Waals surface area contributed by atoms with Crippen molar-refractivity contribution in [3.63, 3.8) is 0 Å². The minimum Gasteiger partial charge on any atom is -0.491 e. The Hall–Kier alpha value is -1.06. The number of hydrogen-bond acceptors (Lipinski definition) is 3. The molecule has 3 nitrogen and oxygen atoms in total. The van der Waals surface area contributed by atoms with E-state index in [0.29, 0.717) is 19.3 Å². The zero-order valence-electron chi connectivity index (χ0n) is 14.1. The molecule has 0 spiro atoms. The molecule has 0 aliphatic heterocycles. The molecule has 0 amide bonds. The Balaban J connectivity index is 2.52. The summed E-state index contributed by atoms with van der Waals surface area (Å²) in [5.41, 5.74) is 2.50. The fraction of sp³-hybridized carbons (Fsp3) is 0.667. The van der Waals surface area contributed by atoms with E-state index in [1.165, 1.54) is 17.5 Å². The van der Waals surface area contributed by atoms with Gasteiger partial charge in [0.15, 0.2) is 0 Å². The Bertz CT molecular complexity index is 393. The Morgan fingerprint density at radius 3 is 2.62 bits per heavy atom. The van der Waals surface area contributed by atoms with E-state index < -0.39 is 0 Å².